The number of ether oxygens (including phenoxy) is 1. The molecule has 0 atom stereocenters. The molecule has 2 aromatic rings. The zero-order valence-corrected chi connectivity index (χ0v) is 16.3. The highest BCUT2D eigenvalue weighted by molar-refractivity contribution is 7.93. The van der Waals surface area contributed by atoms with E-state index in [-0.39, 0.29) is 10.6 Å². The number of hydrogen-bond donors (Lipinski definition) is 0. The summed E-state index contributed by atoms with van der Waals surface area (Å²) in [6.07, 6.45) is 1.89. The average Bonchev–Trinajstić information content (AvgIpc) is 2.60. The van der Waals surface area contributed by atoms with Crippen LogP contribution in [0.4, 0.5) is 11.4 Å². The third-order valence-corrected chi connectivity index (χ3v) is 6.54. The largest absolute Gasteiger partial charge is 0.497 e. The molecule has 2 aromatic carbocycles. The molecular formula is C19H20N2O5S. The Bertz CT molecular complexity index is 1040. The van der Waals surface area contributed by atoms with Crippen LogP contribution in [-0.2, 0) is 10.0 Å². The Morgan fingerprint density at radius 3 is 2.30 bits per heavy atom. The van der Waals surface area contributed by atoms with Gasteiger partial charge < -0.3 is 4.74 Å². The number of non-ortho nitro benzene ring substituents is 1. The van der Waals surface area contributed by atoms with Crippen LogP contribution < -0.4 is 9.04 Å². The molecule has 3 rings (SSSR count). The summed E-state index contributed by atoms with van der Waals surface area (Å²) in [5.74, 6) is 0.545. The quantitative estimate of drug-likeness (QED) is 0.583. The molecule has 0 aromatic heterocycles. The number of anilines is 1. The topological polar surface area (TPSA) is 89.8 Å². The summed E-state index contributed by atoms with van der Waals surface area (Å²) in [4.78, 5) is 10.3. The number of rotatable bonds is 4. The van der Waals surface area contributed by atoms with E-state index >= 15 is 0 Å². The lowest BCUT2D eigenvalue weighted by molar-refractivity contribution is -0.384. The minimum absolute atomic E-state index is 0.0112. The van der Waals surface area contributed by atoms with Crippen LogP contribution in [0, 0.1) is 10.1 Å². The van der Waals surface area contributed by atoms with Crippen LogP contribution in [0.5, 0.6) is 5.75 Å². The van der Waals surface area contributed by atoms with E-state index in [1.807, 2.05) is 32.9 Å². The molecule has 0 amide bonds. The fraction of sp³-hybridized carbons (Fsp3) is 0.263. The van der Waals surface area contributed by atoms with Gasteiger partial charge in [0.05, 0.1) is 28.2 Å². The molecular weight excluding hydrogens is 368 g/mol. The summed E-state index contributed by atoms with van der Waals surface area (Å²) in [6, 6.07) is 10.2. The number of methoxy groups -OCH3 is 1. The zero-order valence-electron chi connectivity index (χ0n) is 15.5. The van der Waals surface area contributed by atoms with Crippen LogP contribution in [0.15, 0.2) is 53.4 Å². The highest BCUT2D eigenvalue weighted by Gasteiger charge is 2.40. The van der Waals surface area contributed by atoms with Crippen molar-refractivity contribution in [1.29, 1.82) is 0 Å². The SMILES string of the molecule is COc1ccc2c(c1)N(S(=O)(=O)c1ccc([N+](=O)[O-])cc1)C(C)(C)C=C2C. The van der Waals surface area contributed by atoms with Crippen LogP contribution >= 0.6 is 0 Å². The molecule has 0 fully saturated rings. The van der Waals surface area contributed by atoms with Crippen LogP contribution in [0.25, 0.3) is 5.57 Å². The summed E-state index contributed by atoms with van der Waals surface area (Å²) in [5.41, 5.74) is 1.28. The normalized spacial score (nSPS) is 15.7. The van der Waals surface area contributed by atoms with Crippen molar-refractivity contribution >= 4 is 27.0 Å². The molecule has 0 N–H and O–H groups in total. The Hall–Kier alpha value is -2.87. The second-order valence-corrected chi connectivity index (χ2v) is 8.67. The molecule has 0 spiro atoms. The summed E-state index contributed by atoms with van der Waals surface area (Å²) in [7, 11) is -2.44. The van der Waals surface area contributed by atoms with Gasteiger partial charge in [-0.3, -0.25) is 14.4 Å². The Balaban J connectivity index is 2.20. The molecule has 0 bridgehead atoms. The monoisotopic (exact) mass is 388 g/mol. The second-order valence-electron chi connectivity index (χ2n) is 6.88. The van der Waals surface area contributed by atoms with Gasteiger partial charge in [0.2, 0.25) is 0 Å². The lowest BCUT2D eigenvalue weighted by Crippen LogP contribution is -2.48. The van der Waals surface area contributed by atoms with E-state index in [2.05, 4.69) is 0 Å². The number of benzene rings is 2. The van der Waals surface area contributed by atoms with Gasteiger partial charge in [0.15, 0.2) is 0 Å². The third-order valence-electron chi connectivity index (χ3n) is 4.53. The van der Waals surface area contributed by atoms with Gasteiger partial charge in [-0.15, -0.1) is 0 Å². The summed E-state index contributed by atoms with van der Waals surface area (Å²) >= 11 is 0. The van der Waals surface area contributed by atoms with Gasteiger partial charge in [0.1, 0.15) is 5.75 Å². The van der Waals surface area contributed by atoms with Crippen molar-refractivity contribution in [2.45, 2.75) is 31.2 Å². The first-order chi connectivity index (χ1) is 12.6. The van der Waals surface area contributed by atoms with Crippen molar-refractivity contribution in [2.75, 3.05) is 11.4 Å². The molecule has 0 unspecified atom stereocenters. The lowest BCUT2D eigenvalue weighted by atomic mass is 9.91. The molecule has 142 valence electrons. The van der Waals surface area contributed by atoms with E-state index in [9.17, 15) is 18.5 Å². The molecule has 1 heterocycles. The van der Waals surface area contributed by atoms with Crippen molar-refractivity contribution < 1.29 is 18.1 Å². The molecule has 27 heavy (non-hydrogen) atoms. The first-order valence-corrected chi connectivity index (χ1v) is 9.70. The number of nitro benzene ring substituents is 1. The number of sulfonamides is 1. The maximum absolute atomic E-state index is 13.4. The summed E-state index contributed by atoms with van der Waals surface area (Å²) < 4.78 is 33.5. The highest BCUT2D eigenvalue weighted by atomic mass is 32.2. The summed E-state index contributed by atoms with van der Waals surface area (Å²) in [5, 5.41) is 10.9. The fourth-order valence-electron chi connectivity index (χ4n) is 3.40. The van der Waals surface area contributed by atoms with Gasteiger partial charge in [-0.05, 0) is 50.6 Å². The third kappa shape index (κ3) is 3.16. The van der Waals surface area contributed by atoms with Crippen molar-refractivity contribution in [2.24, 2.45) is 0 Å². The molecule has 1 aliphatic rings. The minimum Gasteiger partial charge on any atom is -0.497 e. The Labute approximate surface area is 158 Å². The maximum Gasteiger partial charge on any atom is 0.269 e. The predicted octanol–water partition coefficient (Wildman–Crippen LogP) is 3.99. The number of fused-ring (bicyclic) bond motifs is 1. The first-order valence-electron chi connectivity index (χ1n) is 8.26. The van der Waals surface area contributed by atoms with Crippen LogP contribution in [0.1, 0.15) is 26.3 Å². The molecule has 7 nitrogen and oxygen atoms in total. The molecule has 8 heteroatoms. The van der Waals surface area contributed by atoms with Gasteiger partial charge in [0, 0.05) is 23.8 Å². The number of nitrogens with zero attached hydrogens (tertiary/aromatic N) is 2. The number of hydrogen-bond acceptors (Lipinski definition) is 5. The van der Waals surface area contributed by atoms with Gasteiger partial charge in [-0.2, -0.15) is 0 Å². The smallest absolute Gasteiger partial charge is 0.269 e. The molecule has 0 saturated carbocycles. The Kier molecular flexibility index (Phi) is 4.47. The number of nitro groups is 1. The molecule has 0 radical (unpaired) electrons. The lowest BCUT2D eigenvalue weighted by Gasteiger charge is -2.42. The van der Waals surface area contributed by atoms with Gasteiger partial charge in [0.25, 0.3) is 15.7 Å². The minimum atomic E-state index is -3.96. The molecule has 0 aliphatic carbocycles. The van der Waals surface area contributed by atoms with Crippen LogP contribution in [0.2, 0.25) is 0 Å². The average molecular weight is 388 g/mol. The maximum atomic E-state index is 13.4. The van der Waals surface area contributed by atoms with Crippen LogP contribution in [-0.4, -0.2) is 26.0 Å². The van der Waals surface area contributed by atoms with E-state index in [1.165, 1.54) is 35.7 Å². The van der Waals surface area contributed by atoms with Gasteiger partial charge in [-0.25, -0.2) is 8.42 Å². The Morgan fingerprint density at radius 1 is 1.11 bits per heavy atom. The standard InChI is InChI=1S/C19H20N2O5S/c1-13-12-19(2,3)20(18-11-15(26-4)7-10-17(13)18)27(24,25)16-8-5-14(6-9-16)21(22)23/h5-12H,1-4H3. The Morgan fingerprint density at radius 2 is 1.74 bits per heavy atom. The zero-order chi connectivity index (χ0) is 20.0. The van der Waals surface area contributed by atoms with E-state index in [0.29, 0.717) is 11.4 Å². The predicted molar refractivity (Wildman–Crippen MR) is 103 cm³/mol. The fourth-order valence-corrected chi connectivity index (χ4v) is 5.17. The molecule has 0 saturated heterocycles. The number of allylic oxidation sites excluding steroid dienone is 1. The van der Waals surface area contributed by atoms with Crippen molar-refractivity contribution in [1.82, 2.24) is 0 Å². The van der Waals surface area contributed by atoms with E-state index in [4.69, 9.17) is 4.74 Å². The molecule has 1 aliphatic heterocycles. The summed E-state index contributed by atoms with van der Waals surface area (Å²) in [6.45, 7) is 5.55. The van der Waals surface area contributed by atoms with Gasteiger partial charge in [-0.1, -0.05) is 6.08 Å². The van der Waals surface area contributed by atoms with E-state index in [1.54, 1.807) is 12.1 Å². The van der Waals surface area contributed by atoms with Crippen molar-refractivity contribution in [3.63, 3.8) is 0 Å². The first kappa shape index (κ1) is 18.9. The van der Waals surface area contributed by atoms with Gasteiger partial charge >= 0.3 is 0 Å². The van der Waals surface area contributed by atoms with E-state index in [0.717, 1.165) is 11.1 Å². The van der Waals surface area contributed by atoms with Crippen molar-refractivity contribution in [3.05, 3.63) is 64.2 Å². The second kappa shape index (κ2) is 6.38. The highest BCUT2D eigenvalue weighted by Crippen LogP contribution is 2.43. The van der Waals surface area contributed by atoms with Crippen molar-refractivity contribution in [3.8, 4) is 5.75 Å². The van der Waals surface area contributed by atoms with E-state index < -0.39 is 20.5 Å². The van der Waals surface area contributed by atoms with Crippen LogP contribution in [0.3, 0.4) is 0 Å².